The summed E-state index contributed by atoms with van der Waals surface area (Å²) in [4.78, 5) is 11.7. The van der Waals surface area contributed by atoms with Gasteiger partial charge in [-0.3, -0.25) is 4.79 Å². The zero-order valence-corrected chi connectivity index (χ0v) is 12.3. The number of amides is 1. The summed E-state index contributed by atoms with van der Waals surface area (Å²) in [6, 6.07) is 0. The molecular formula is C13H20N2OS2. The van der Waals surface area contributed by atoms with Crippen LogP contribution in [0.1, 0.15) is 24.0 Å². The summed E-state index contributed by atoms with van der Waals surface area (Å²) < 4.78 is 0. The summed E-state index contributed by atoms with van der Waals surface area (Å²) >= 11 is 3.49. The lowest BCUT2D eigenvalue weighted by Crippen LogP contribution is -2.31. The van der Waals surface area contributed by atoms with Crippen LogP contribution in [0.2, 0.25) is 0 Å². The van der Waals surface area contributed by atoms with E-state index in [-0.39, 0.29) is 5.91 Å². The molecule has 1 saturated heterocycles. The number of piperidine rings is 1. The van der Waals surface area contributed by atoms with Crippen molar-refractivity contribution in [1.29, 1.82) is 0 Å². The first-order chi connectivity index (χ1) is 8.75. The Morgan fingerprint density at radius 2 is 2.28 bits per heavy atom. The third-order valence-corrected chi connectivity index (χ3v) is 5.46. The Hall–Kier alpha value is -0.520. The van der Waals surface area contributed by atoms with Gasteiger partial charge in [-0.05, 0) is 54.7 Å². The van der Waals surface area contributed by atoms with Crippen molar-refractivity contribution >= 4 is 29.0 Å². The van der Waals surface area contributed by atoms with Crippen molar-refractivity contribution in [3.8, 4) is 0 Å². The third kappa shape index (κ3) is 4.30. The van der Waals surface area contributed by atoms with Gasteiger partial charge in [-0.2, -0.15) is 11.3 Å². The van der Waals surface area contributed by atoms with Crippen molar-refractivity contribution in [2.24, 2.45) is 0 Å². The molecule has 1 amide bonds. The summed E-state index contributed by atoms with van der Waals surface area (Å²) in [7, 11) is 0. The quantitative estimate of drug-likeness (QED) is 0.870. The molecule has 1 aromatic heterocycles. The fraction of sp³-hybridized carbons (Fsp3) is 0.615. The maximum absolute atomic E-state index is 11.7. The molecule has 0 aliphatic carbocycles. The van der Waals surface area contributed by atoms with Gasteiger partial charge in [-0.1, -0.05) is 0 Å². The Morgan fingerprint density at radius 3 is 2.94 bits per heavy atom. The summed E-state index contributed by atoms with van der Waals surface area (Å²) in [5.41, 5.74) is 2.51. The number of hydrogen-bond donors (Lipinski definition) is 2. The molecule has 1 fully saturated rings. The number of aryl methyl sites for hydroxylation is 1. The van der Waals surface area contributed by atoms with Gasteiger partial charge >= 0.3 is 0 Å². The minimum atomic E-state index is 0.157. The van der Waals surface area contributed by atoms with Crippen LogP contribution < -0.4 is 10.6 Å². The van der Waals surface area contributed by atoms with Gasteiger partial charge in [-0.25, -0.2) is 0 Å². The average molecular weight is 284 g/mol. The van der Waals surface area contributed by atoms with Gasteiger partial charge in [-0.15, -0.1) is 11.8 Å². The van der Waals surface area contributed by atoms with E-state index in [2.05, 4.69) is 28.3 Å². The number of hydrogen-bond acceptors (Lipinski definition) is 4. The molecule has 5 heteroatoms. The van der Waals surface area contributed by atoms with Gasteiger partial charge in [0.15, 0.2) is 0 Å². The van der Waals surface area contributed by atoms with Crippen LogP contribution in [0.4, 0.5) is 0 Å². The van der Waals surface area contributed by atoms with Crippen LogP contribution in [0, 0.1) is 6.92 Å². The Morgan fingerprint density at radius 1 is 1.50 bits per heavy atom. The topological polar surface area (TPSA) is 41.1 Å². The van der Waals surface area contributed by atoms with E-state index in [0.717, 1.165) is 13.1 Å². The fourth-order valence-corrected chi connectivity index (χ4v) is 3.88. The summed E-state index contributed by atoms with van der Waals surface area (Å²) in [5, 5.41) is 11.2. The lowest BCUT2D eigenvalue weighted by Gasteiger charge is -2.21. The first-order valence-electron chi connectivity index (χ1n) is 6.36. The van der Waals surface area contributed by atoms with Gasteiger partial charge in [0.1, 0.15) is 0 Å². The lowest BCUT2D eigenvalue weighted by molar-refractivity contribution is -0.118. The maximum Gasteiger partial charge on any atom is 0.230 e. The van der Waals surface area contributed by atoms with E-state index in [4.69, 9.17) is 0 Å². The number of carbonyl (C=O) groups excluding carboxylic acids is 1. The normalized spacial score (nSPS) is 16.7. The van der Waals surface area contributed by atoms with Crippen molar-refractivity contribution in [3.63, 3.8) is 0 Å². The van der Waals surface area contributed by atoms with E-state index in [0.29, 0.717) is 17.5 Å². The molecule has 2 heterocycles. The number of thiophene rings is 1. The van der Waals surface area contributed by atoms with Crippen molar-refractivity contribution in [1.82, 2.24) is 10.6 Å². The molecule has 1 aromatic rings. The highest BCUT2D eigenvalue weighted by Gasteiger charge is 2.14. The molecule has 0 unspecified atom stereocenters. The predicted octanol–water partition coefficient (Wildman–Crippen LogP) is 2.16. The van der Waals surface area contributed by atoms with E-state index >= 15 is 0 Å². The first-order valence-corrected chi connectivity index (χ1v) is 8.35. The Labute approximate surface area is 117 Å². The summed E-state index contributed by atoms with van der Waals surface area (Å²) in [5.74, 6) is 0.748. The van der Waals surface area contributed by atoms with Crippen LogP contribution in [0.25, 0.3) is 0 Å². The van der Waals surface area contributed by atoms with Crippen LogP contribution in [0.3, 0.4) is 0 Å². The van der Waals surface area contributed by atoms with E-state index < -0.39 is 0 Å². The Kier molecular flexibility index (Phi) is 5.53. The monoisotopic (exact) mass is 284 g/mol. The standard InChI is InChI=1S/C13H20N2OS2/c1-10-7-17-8-11(10)6-15-13(16)9-18-12-2-4-14-5-3-12/h7-8,12,14H,2-6,9H2,1H3,(H,15,16). The van der Waals surface area contributed by atoms with Gasteiger partial charge in [0, 0.05) is 11.8 Å². The van der Waals surface area contributed by atoms with Crippen molar-refractivity contribution in [3.05, 3.63) is 21.9 Å². The van der Waals surface area contributed by atoms with Crippen molar-refractivity contribution in [2.45, 2.75) is 31.6 Å². The third-order valence-electron chi connectivity index (χ3n) is 3.17. The SMILES string of the molecule is Cc1cscc1CNC(=O)CSC1CCNCC1. The Bertz CT molecular complexity index is 386. The van der Waals surface area contributed by atoms with Crippen LogP contribution in [0.5, 0.6) is 0 Å². The minimum Gasteiger partial charge on any atom is -0.351 e. The smallest absolute Gasteiger partial charge is 0.230 e. The van der Waals surface area contributed by atoms with Crippen LogP contribution in [-0.2, 0) is 11.3 Å². The molecule has 100 valence electrons. The molecule has 0 bridgehead atoms. The van der Waals surface area contributed by atoms with E-state index in [1.54, 1.807) is 23.1 Å². The first kappa shape index (κ1) is 13.9. The van der Waals surface area contributed by atoms with Gasteiger partial charge in [0.25, 0.3) is 0 Å². The molecule has 1 aliphatic heterocycles. The van der Waals surface area contributed by atoms with Crippen molar-refractivity contribution < 1.29 is 4.79 Å². The second kappa shape index (κ2) is 7.16. The molecule has 3 nitrogen and oxygen atoms in total. The number of carbonyl (C=O) groups is 1. The van der Waals surface area contributed by atoms with Crippen LogP contribution in [0.15, 0.2) is 10.8 Å². The zero-order chi connectivity index (χ0) is 12.8. The van der Waals surface area contributed by atoms with E-state index in [1.165, 1.54) is 24.0 Å². The second-order valence-corrected chi connectivity index (χ2v) is 6.65. The molecule has 0 spiro atoms. The molecule has 0 atom stereocenters. The minimum absolute atomic E-state index is 0.157. The highest BCUT2D eigenvalue weighted by Crippen LogP contribution is 2.19. The summed E-state index contributed by atoms with van der Waals surface area (Å²) in [6.07, 6.45) is 2.36. The second-order valence-electron chi connectivity index (χ2n) is 4.62. The molecule has 0 radical (unpaired) electrons. The summed E-state index contributed by atoms with van der Waals surface area (Å²) in [6.45, 7) is 4.93. The van der Waals surface area contributed by atoms with Crippen LogP contribution in [-0.4, -0.2) is 30.0 Å². The molecule has 0 saturated carbocycles. The molecule has 0 aromatic carbocycles. The van der Waals surface area contributed by atoms with Crippen LogP contribution >= 0.6 is 23.1 Å². The highest BCUT2D eigenvalue weighted by molar-refractivity contribution is 8.00. The van der Waals surface area contributed by atoms with E-state index in [1.807, 2.05) is 0 Å². The number of rotatable bonds is 5. The van der Waals surface area contributed by atoms with Gasteiger partial charge in [0.2, 0.25) is 5.91 Å². The van der Waals surface area contributed by atoms with E-state index in [9.17, 15) is 4.79 Å². The largest absolute Gasteiger partial charge is 0.351 e. The predicted molar refractivity (Wildman–Crippen MR) is 79.3 cm³/mol. The Balaban J connectivity index is 1.64. The molecule has 18 heavy (non-hydrogen) atoms. The number of thioether (sulfide) groups is 1. The molecular weight excluding hydrogens is 264 g/mol. The fourth-order valence-electron chi connectivity index (χ4n) is 1.97. The number of nitrogens with one attached hydrogen (secondary N) is 2. The molecule has 2 N–H and O–H groups in total. The van der Waals surface area contributed by atoms with Gasteiger partial charge < -0.3 is 10.6 Å². The average Bonchev–Trinajstić information content (AvgIpc) is 2.81. The highest BCUT2D eigenvalue weighted by atomic mass is 32.2. The van der Waals surface area contributed by atoms with Gasteiger partial charge in [0.05, 0.1) is 5.75 Å². The zero-order valence-electron chi connectivity index (χ0n) is 10.7. The molecule has 2 rings (SSSR count). The lowest BCUT2D eigenvalue weighted by atomic mass is 10.2. The molecule has 1 aliphatic rings. The maximum atomic E-state index is 11.7. The van der Waals surface area contributed by atoms with Crippen molar-refractivity contribution in [2.75, 3.05) is 18.8 Å².